The van der Waals surface area contributed by atoms with Gasteiger partial charge in [0.05, 0.1) is 11.9 Å². The Morgan fingerprint density at radius 3 is 2.42 bits per heavy atom. The van der Waals surface area contributed by atoms with Gasteiger partial charge in [0.15, 0.2) is 6.10 Å². The third-order valence-electron chi connectivity index (χ3n) is 3.42. The molecule has 0 bridgehead atoms. The molecular weight excluding hydrogens is 306 g/mol. The number of rotatable bonds is 6. The van der Waals surface area contributed by atoms with Crippen molar-refractivity contribution in [3.8, 4) is 0 Å². The van der Waals surface area contributed by atoms with Crippen LogP contribution in [0.5, 0.6) is 0 Å². The van der Waals surface area contributed by atoms with E-state index in [1.54, 1.807) is 24.3 Å². The number of nitrogens with zero attached hydrogens (tertiary/aromatic N) is 2. The average molecular weight is 325 g/mol. The van der Waals surface area contributed by atoms with E-state index < -0.39 is 12.1 Å². The van der Waals surface area contributed by atoms with E-state index >= 15 is 0 Å². The molecule has 0 radical (unpaired) electrons. The van der Waals surface area contributed by atoms with Gasteiger partial charge in [-0.15, -0.1) is 5.53 Å². The van der Waals surface area contributed by atoms with Crippen LogP contribution in [0.15, 0.2) is 73.1 Å². The van der Waals surface area contributed by atoms with Crippen molar-refractivity contribution >= 4 is 11.7 Å². The summed E-state index contributed by atoms with van der Waals surface area (Å²) in [5, 5.41) is 3.16. The van der Waals surface area contributed by atoms with Crippen LogP contribution in [0.4, 0.5) is 5.69 Å². The van der Waals surface area contributed by atoms with Crippen molar-refractivity contribution in [1.29, 1.82) is 0 Å². The quantitative estimate of drug-likeness (QED) is 0.824. The minimum Gasteiger partial charge on any atom is -0.459 e. The lowest BCUT2D eigenvalue weighted by Gasteiger charge is -2.23. The molecule has 0 saturated heterocycles. The van der Waals surface area contributed by atoms with E-state index in [1.165, 1.54) is 5.17 Å². The predicted octanol–water partition coefficient (Wildman–Crippen LogP) is 2.76. The summed E-state index contributed by atoms with van der Waals surface area (Å²) in [6.07, 6.45) is 2.76. The maximum atomic E-state index is 12.0. The number of ether oxygens (including phenoxy) is 1. The normalized spacial score (nSPS) is 14.7. The second kappa shape index (κ2) is 7.63. The van der Waals surface area contributed by atoms with E-state index in [2.05, 4.69) is 5.53 Å². The highest BCUT2D eigenvalue weighted by molar-refractivity contribution is 5.74. The number of hydrogen-bond acceptors (Lipinski definition) is 6. The SMILES string of the molecule is CC(ON1C=CN(c2ccccc2)N1)C(=O)OCc1ccccc1. The molecule has 124 valence electrons. The number of nitrogens with one attached hydrogen (secondary N) is 1. The first-order valence-electron chi connectivity index (χ1n) is 7.68. The summed E-state index contributed by atoms with van der Waals surface area (Å²) in [5.74, 6) is -0.424. The standard InChI is InChI=1S/C18H19N3O3/c1-15(18(22)23-14-16-8-4-2-5-9-16)24-21-13-12-20(19-21)17-10-6-3-7-11-17/h2-13,15,19H,14H2,1H3. The molecule has 3 rings (SSSR count). The minimum absolute atomic E-state index is 0.229. The first kappa shape index (κ1) is 16.0. The molecule has 0 fully saturated rings. The highest BCUT2D eigenvalue weighted by Gasteiger charge is 2.22. The van der Waals surface area contributed by atoms with Crippen molar-refractivity contribution in [2.75, 3.05) is 5.01 Å². The molecule has 0 amide bonds. The van der Waals surface area contributed by atoms with Crippen LogP contribution in [-0.2, 0) is 21.0 Å². The lowest BCUT2D eigenvalue weighted by molar-refractivity contribution is -0.206. The smallest absolute Gasteiger partial charge is 0.338 e. The summed E-state index contributed by atoms with van der Waals surface area (Å²) in [7, 11) is 0. The fourth-order valence-corrected chi connectivity index (χ4v) is 2.15. The first-order valence-corrected chi connectivity index (χ1v) is 7.68. The van der Waals surface area contributed by atoms with E-state index in [4.69, 9.17) is 9.57 Å². The summed E-state index contributed by atoms with van der Waals surface area (Å²) in [4.78, 5) is 17.5. The molecule has 2 aromatic rings. The van der Waals surface area contributed by atoms with Gasteiger partial charge in [0.1, 0.15) is 6.61 Å². The van der Waals surface area contributed by atoms with Crippen LogP contribution in [0.3, 0.4) is 0 Å². The monoisotopic (exact) mass is 325 g/mol. The number of carbonyl (C=O) groups excluding carboxylic acids is 1. The van der Waals surface area contributed by atoms with Crippen molar-refractivity contribution in [2.45, 2.75) is 19.6 Å². The van der Waals surface area contributed by atoms with Crippen molar-refractivity contribution < 1.29 is 14.4 Å². The number of para-hydroxylation sites is 1. The van der Waals surface area contributed by atoms with Crippen LogP contribution in [0.2, 0.25) is 0 Å². The Hall–Kier alpha value is -2.83. The summed E-state index contributed by atoms with van der Waals surface area (Å²) < 4.78 is 5.26. The number of benzene rings is 2. The fraction of sp³-hybridized carbons (Fsp3) is 0.167. The van der Waals surface area contributed by atoms with E-state index in [9.17, 15) is 4.79 Å². The molecule has 0 aliphatic carbocycles. The minimum atomic E-state index is -0.735. The van der Waals surface area contributed by atoms with Crippen LogP contribution in [0.1, 0.15) is 12.5 Å². The number of hydroxylamine groups is 1. The average Bonchev–Trinajstić information content (AvgIpc) is 3.10. The van der Waals surface area contributed by atoms with Crippen molar-refractivity contribution in [1.82, 2.24) is 10.7 Å². The molecule has 24 heavy (non-hydrogen) atoms. The number of anilines is 1. The van der Waals surface area contributed by atoms with Crippen LogP contribution in [0.25, 0.3) is 0 Å². The van der Waals surface area contributed by atoms with Crippen LogP contribution in [-0.4, -0.2) is 17.2 Å². The van der Waals surface area contributed by atoms with Gasteiger partial charge in [-0.25, -0.2) is 9.63 Å². The lowest BCUT2D eigenvalue weighted by Crippen LogP contribution is -2.42. The summed E-state index contributed by atoms with van der Waals surface area (Å²) >= 11 is 0. The van der Waals surface area contributed by atoms with Gasteiger partial charge in [-0.3, -0.25) is 5.01 Å². The van der Waals surface area contributed by atoms with Crippen molar-refractivity contribution in [3.63, 3.8) is 0 Å². The molecule has 0 saturated carbocycles. The molecule has 6 heteroatoms. The van der Waals surface area contributed by atoms with Gasteiger partial charge in [0.25, 0.3) is 0 Å². The fourth-order valence-electron chi connectivity index (χ4n) is 2.15. The molecule has 1 heterocycles. The zero-order valence-electron chi connectivity index (χ0n) is 13.3. The lowest BCUT2D eigenvalue weighted by atomic mass is 10.2. The topological polar surface area (TPSA) is 54.0 Å². The predicted molar refractivity (Wildman–Crippen MR) is 89.8 cm³/mol. The Morgan fingerprint density at radius 2 is 1.71 bits per heavy atom. The van der Waals surface area contributed by atoms with Gasteiger partial charge >= 0.3 is 5.97 Å². The second-order valence-electron chi connectivity index (χ2n) is 5.27. The largest absolute Gasteiger partial charge is 0.459 e. The number of carbonyl (C=O) groups is 1. The van der Waals surface area contributed by atoms with Crippen molar-refractivity contribution in [3.05, 3.63) is 78.6 Å². The molecule has 1 aliphatic heterocycles. The van der Waals surface area contributed by atoms with Gasteiger partial charge in [-0.2, -0.15) is 5.17 Å². The van der Waals surface area contributed by atoms with Gasteiger partial charge in [0, 0.05) is 6.20 Å². The summed E-state index contributed by atoms with van der Waals surface area (Å²) in [6.45, 7) is 1.88. The molecule has 1 aliphatic rings. The number of esters is 1. The van der Waals surface area contributed by atoms with E-state index in [-0.39, 0.29) is 6.61 Å². The van der Waals surface area contributed by atoms with Gasteiger partial charge in [-0.1, -0.05) is 48.5 Å². The molecule has 2 aromatic carbocycles. The number of hydrazine groups is 2. The molecule has 1 N–H and O–H groups in total. The highest BCUT2D eigenvalue weighted by atomic mass is 16.7. The molecule has 6 nitrogen and oxygen atoms in total. The number of hydrogen-bond donors (Lipinski definition) is 1. The van der Waals surface area contributed by atoms with Crippen LogP contribution in [0, 0.1) is 0 Å². The van der Waals surface area contributed by atoms with E-state index in [1.807, 2.05) is 60.7 Å². The maximum absolute atomic E-state index is 12.0. The summed E-state index contributed by atoms with van der Waals surface area (Å²) in [6, 6.07) is 19.3. The Labute approximate surface area is 140 Å². The first-order chi connectivity index (χ1) is 11.7. The van der Waals surface area contributed by atoms with Crippen LogP contribution >= 0.6 is 0 Å². The summed E-state index contributed by atoms with van der Waals surface area (Å²) in [5.41, 5.74) is 4.89. The Bertz CT molecular complexity index is 691. The zero-order chi connectivity index (χ0) is 16.8. The Kier molecular flexibility index (Phi) is 5.10. The van der Waals surface area contributed by atoms with E-state index in [0.29, 0.717) is 0 Å². The Balaban J connectivity index is 1.46. The van der Waals surface area contributed by atoms with Gasteiger partial charge < -0.3 is 4.74 Å². The molecule has 1 unspecified atom stereocenters. The highest BCUT2D eigenvalue weighted by Crippen LogP contribution is 2.16. The molecular formula is C18H19N3O3. The van der Waals surface area contributed by atoms with Crippen LogP contribution < -0.4 is 10.5 Å². The molecule has 0 aromatic heterocycles. The molecule has 0 spiro atoms. The third-order valence-corrected chi connectivity index (χ3v) is 3.42. The van der Waals surface area contributed by atoms with Crippen molar-refractivity contribution in [2.24, 2.45) is 0 Å². The van der Waals surface area contributed by atoms with Gasteiger partial charge in [-0.05, 0) is 24.6 Å². The Morgan fingerprint density at radius 1 is 1.04 bits per heavy atom. The third kappa shape index (κ3) is 4.13. The maximum Gasteiger partial charge on any atom is 0.338 e. The van der Waals surface area contributed by atoms with E-state index in [0.717, 1.165) is 11.3 Å². The zero-order valence-corrected chi connectivity index (χ0v) is 13.3. The van der Waals surface area contributed by atoms with Gasteiger partial charge in [0.2, 0.25) is 0 Å². The molecule has 1 atom stereocenters. The second-order valence-corrected chi connectivity index (χ2v) is 5.27.